The standard InChI is InChI=1S/C13H15ClN2S/c1-8-4-3-5-10(13(8)15)16-9(2)11-6-7-12(14)17-11/h3-7,9,16H,15H2,1-2H3. The predicted molar refractivity (Wildman–Crippen MR) is 77.0 cm³/mol. The van der Waals surface area contributed by atoms with E-state index in [1.165, 1.54) is 4.88 Å². The molecule has 0 aliphatic rings. The molecule has 90 valence electrons. The van der Waals surface area contributed by atoms with Crippen molar-refractivity contribution in [3.63, 3.8) is 0 Å². The van der Waals surface area contributed by atoms with Crippen molar-refractivity contribution in [3.8, 4) is 0 Å². The molecule has 0 spiro atoms. The number of halogens is 1. The van der Waals surface area contributed by atoms with Crippen LogP contribution in [0.25, 0.3) is 0 Å². The second-order valence-electron chi connectivity index (χ2n) is 4.04. The summed E-state index contributed by atoms with van der Waals surface area (Å²) in [6.45, 7) is 4.11. The van der Waals surface area contributed by atoms with E-state index in [0.717, 1.165) is 21.3 Å². The fourth-order valence-electron chi connectivity index (χ4n) is 1.67. The second kappa shape index (κ2) is 4.98. The van der Waals surface area contributed by atoms with Gasteiger partial charge >= 0.3 is 0 Å². The second-order valence-corrected chi connectivity index (χ2v) is 5.79. The van der Waals surface area contributed by atoms with Crippen LogP contribution in [0.1, 0.15) is 23.4 Å². The lowest BCUT2D eigenvalue weighted by atomic mass is 10.1. The van der Waals surface area contributed by atoms with Crippen LogP contribution in [0.5, 0.6) is 0 Å². The van der Waals surface area contributed by atoms with Crippen LogP contribution in [0.4, 0.5) is 11.4 Å². The van der Waals surface area contributed by atoms with E-state index < -0.39 is 0 Å². The number of nitrogens with one attached hydrogen (secondary N) is 1. The van der Waals surface area contributed by atoms with Gasteiger partial charge in [-0.3, -0.25) is 0 Å². The Morgan fingerprint density at radius 1 is 1.29 bits per heavy atom. The molecule has 0 saturated carbocycles. The zero-order chi connectivity index (χ0) is 12.4. The maximum absolute atomic E-state index is 6.03. The van der Waals surface area contributed by atoms with Crippen molar-refractivity contribution in [1.82, 2.24) is 0 Å². The predicted octanol–water partition coefficient (Wildman–Crippen LogP) is 4.47. The molecule has 1 atom stereocenters. The fraction of sp³-hybridized carbons (Fsp3) is 0.231. The van der Waals surface area contributed by atoms with E-state index in [1.54, 1.807) is 11.3 Å². The summed E-state index contributed by atoms with van der Waals surface area (Å²) in [6.07, 6.45) is 0. The highest BCUT2D eigenvalue weighted by Crippen LogP contribution is 2.31. The molecule has 2 aromatic rings. The third-order valence-electron chi connectivity index (χ3n) is 2.72. The average molecular weight is 267 g/mol. The molecule has 0 radical (unpaired) electrons. The monoisotopic (exact) mass is 266 g/mol. The van der Waals surface area contributed by atoms with Crippen LogP contribution in [0.2, 0.25) is 4.34 Å². The lowest BCUT2D eigenvalue weighted by Crippen LogP contribution is -2.07. The zero-order valence-corrected chi connectivity index (χ0v) is 11.4. The first-order chi connectivity index (χ1) is 8.08. The molecular formula is C13H15ClN2S. The molecule has 2 nitrogen and oxygen atoms in total. The van der Waals surface area contributed by atoms with Crippen LogP contribution in [-0.2, 0) is 0 Å². The number of para-hydroxylation sites is 1. The maximum Gasteiger partial charge on any atom is 0.0932 e. The van der Waals surface area contributed by atoms with E-state index in [0.29, 0.717) is 0 Å². The number of nitrogen functional groups attached to an aromatic ring is 1. The maximum atomic E-state index is 6.03. The van der Waals surface area contributed by atoms with E-state index in [2.05, 4.69) is 12.2 Å². The number of nitrogens with two attached hydrogens (primary N) is 1. The lowest BCUT2D eigenvalue weighted by molar-refractivity contribution is 0.908. The van der Waals surface area contributed by atoms with Crippen LogP contribution in [0.15, 0.2) is 30.3 Å². The average Bonchev–Trinajstić information content (AvgIpc) is 2.72. The molecule has 1 aromatic heterocycles. The molecule has 1 aromatic carbocycles. The number of hydrogen-bond donors (Lipinski definition) is 2. The van der Waals surface area contributed by atoms with Crippen molar-refractivity contribution < 1.29 is 0 Å². The summed E-state index contributed by atoms with van der Waals surface area (Å²) in [5.41, 5.74) is 8.90. The van der Waals surface area contributed by atoms with Crippen molar-refractivity contribution in [1.29, 1.82) is 0 Å². The van der Waals surface area contributed by atoms with E-state index in [4.69, 9.17) is 17.3 Å². The zero-order valence-electron chi connectivity index (χ0n) is 9.83. The number of benzene rings is 1. The number of anilines is 2. The quantitative estimate of drug-likeness (QED) is 0.805. The molecule has 3 N–H and O–H groups in total. The smallest absolute Gasteiger partial charge is 0.0932 e. The van der Waals surface area contributed by atoms with Gasteiger partial charge in [-0.05, 0) is 37.6 Å². The molecule has 0 amide bonds. The molecule has 0 saturated heterocycles. The van der Waals surface area contributed by atoms with Gasteiger partial charge in [-0.2, -0.15) is 0 Å². The van der Waals surface area contributed by atoms with Gasteiger partial charge in [-0.1, -0.05) is 23.7 Å². The molecule has 0 bridgehead atoms. The number of thiophene rings is 1. The van der Waals surface area contributed by atoms with Gasteiger partial charge in [0.25, 0.3) is 0 Å². The Kier molecular flexibility index (Phi) is 3.60. The third kappa shape index (κ3) is 2.73. The Morgan fingerprint density at radius 2 is 2.06 bits per heavy atom. The summed E-state index contributed by atoms with van der Waals surface area (Å²) in [4.78, 5) is 1.20. The third-order valence-corrected chi connectivity index (χ3v) is 4.13. The van der Waals surface area contributed by atoms with E-state index in [1.807, 2.05) is 37.3 Å². The highest BCUT2D eigenvalue weighted by atomic mass is 35.5. The van der Waals surface area contributed by atoms with E-state index >= 15 is 0 Å². The van der Waals surface area contributed by atoms with Gasteiger partial charge in [0.15, 0.2) is 0 Å². The molecule has 0 aliphatic heterocycles. The minimum atomic E-state index is 0.205. The van der Waals surface area contributed by atoms with Gasteiger partial charge in [0.05, 0.1) is 21.8 Å². The van der Waals surface area contributed by atoms with Gasteiger partial charge in [0.2, 0.25) is 0 Å². The van der Waals surface area contributed by atoms with Crippen molar-refractivity contribution in [3.05, 3.63) is 45.1 Å². The Hall–Kier alpha value is -1.19. The fourth-order valence-corrected chi connectivity index (χ4v) is 2.74. The van der Waals surface area contributed by atoms with Gasteiger partial charge < -0.3 is 11.1 Å². The lowest BCUT2D eigenvalue weighted by Gasteiger charge is -2.16. The van der Waals surface area contributed by atoms with Crippen molar-refractivity contribution in [2.45, 2.75) is 19.9 Å². The minimum Gasteiger partial charge on any atom is -0.397 e. The first-order valence-electron chi connectivity index (χ1n) is 5.45. The molecule has 0 fully saturated rings. The number of hydrogen-bond acceptors (Lipinski definition) is 3. The molecule has 1 unspecified atom stereocenters. The van der Waals surface area contributed by atoms with Crippen LogP contribution < -0.4 is 11.1 Å². The molecule has 4 heteroatoms. The summed E-state index contributed by atoms with van der Waals surface area (Å²) in [5, 5.41) is 3.41. The normalized spacial score (nSPS) is 12.4. The molecule has 1 heterocycles. The highest BCUT2D eigenvalue weighted by molar-refractivity contribution is 7.16. The number of aryl methyl sites for hydroxylation is 1. The van der Waals surface area contributed by atoms with Gasteiger partial charge in [-0.15, -0.1) is 11.3 Å². The highest BCUT2D eigenvalue weighted by Gasteiger charge is 2.10. The Labute approximate surface area is 110 Å². The summed E-state index contributed by atoms with van der Waals surface area (Å²) in [6, 6.07) is 10.2. The Bertz CT molecular complexity index is 522. The van der Waals surface area contributed by atoms with Crippen LogP contribution >= 0.6 is 22.9 Å². The first kappa shape index (κ1) is 12.3. The summed E-state index contributed by atoms with van der Waals surface area (Å²) in [5.74, 6) is 0. The SMILES string of the molecule is Cc1cccc(NC(C)c2ccc(Cl)s2)c1N. The molecule has 0 aliphatic carbocycles. The summed E-state index contributed by atoms with van der Waals surface area (Å²) < 4.78 is 0.811. The molecular weight excluding hydrogens is 252 g/mol. The first-order valence-corrected chi connectivity index (χ1v) is 6.64. The van der Waals surface area contributed by atoms with Gasteiger partial charge in [-0.25, -0.2) is 0 Å². The van der Waals surface area contributed by atoms with Gasteiger partial charge in [0, 0.05) is 4.88 Å². The number of rotatable bonds is 3. The topological polar surface area (TPSA) is 38.0 Å². The Morgan fingerprint density at radius 3 is 2.71 bits per heavy atom. The van der Waals surface area contributed by atoms with Crippen LogP contribution in [-0.4, -0.2) is 0 Å². The van der Waals surface area contributed by atoms with Crippen LogP contribution in [0, 0.1) is 6.92 Å². The van der Waals surface area contributed by atoms with Crippen LogP contribution in [0.3, 0.4) is 0 Å². The molecule has 2 rings (SSSR count). The minimum absolute atomic E-state index is 0.205. The van der Waals surface area contributed by atoms with E-state index in [9.17, 15) is 0 Å². The van der Waals surface area contributed by atoms with Gasteiger partial charge in [0.1, 0.15) is 0 Å². The van der Waals surface area contributed by atoms with Crippen molar-refractivity contribution >= 4 is 34.3 Å². The van der Waals surface area contributed by atoms with Crippen molar-refractivity contribution in [2.75, 3.05) is 11.1 Å². The largest absolute Gasteiger partial charge is 0.397 e. The summed E-state index contributed by atoms with van der Waals surface area (Å²) in [7, 11) is 0. The van der Waals surface area contributed by atoms with E-state index in [-0.39, 0.29) is 6.04 Å². The van der Waals surface area contributed by atoms with Crippen molar-refractivity contribution in [2.24, 2.45) is 0 Å². The Balaban J connectivity index is 2.18. The molecule has 17 heavy (non-hydrogen) atoms. The summed E-state index contributed by atoms with van der Waals surface area (Å²) >= 11 is 7.52.